The zero-order chi connectivity index (χ0) is 16.1. The van der Waals surface area contributed by atoms with Crippen molar-refractivity contribution in [1.82, 2.24) is 5.32 Å². The van der Waals surface area contributed by atoms with Gasteiger partial charge in [-0.15, -0.1) is 0 Å². The molecule has 2 N–H and O–H groups in total. The van der Waals surface area contributed by atoms with Crippen LogP contribution in [0.25, 0.3) is 0 Å². The second kappa shape index (κ2) is 7.48. The summed E-state index contributed by atoms with van der Waals surface area (Å²) >= 11 is 0. The summed E-state index contributed by atoms with van der Waals surface area (Å²) in [6, 6.07) is 7.61. The molecule has 23 heavy (non-hydrogen) atoms. The maximum Gasteiger partial charge on any atom is 0.137 e. The van der Waals surface area contributed by atoms with Gasteiger partial charge in [0.05, 0.1) is 6.04 Å². The number of aromatic hydroxyl groups is 1. The summed E-state index contributed by atoms with van der Waals surface area (Å²) in [5.41, 5.74) is 1.29. The zero-order valence-electron chi connectivity index (χ0n) is 14.0. The van der Waals surface area contributed by atoms with Crippen molar-refractivity contribution in [3.8, 4) is 5.75 Å². The monoisotopic (exact) mass is 315 g/mol. The Hall–Kier alpha value is -1.35. The lowest BCUT2D eigenvalue weighted by molar-refractivity contribution is -0.111. The van der Waals surface area contributed by atoms with Gasteiger partial charge >= 0.3 is 0 Å². The van der Waals surface area contributed by atoms with Crippen molar-refractivity contribution in [2.45, 2.75) is 69.2 Å². The summed E-state index contributed by atoms with van der Waals surface area (Å²) in [5, 5.41) is 13.1. The van der Waals surface area contributed by atoms with Gasteiger partial charge in [-0.2, -0.15) is 0 Å². The maximum atomic E-state index is 11.4. The fourth-order valence-corrected chi connectivity index (χ4v) is 4.46. The number of phenols is 1. The highest BCUT2D eigenvalue weighted by Crippen LogP contribution is 2.51. The maximum absolute atomic E-state index is 11.4. The van der Waals surface area contributed by atoms with Crippen LogP contribution in [-0.4, -0.2) is 24.0 Å². The van der Waals surface area contributed by atoms with Crippen molar-refractivity contribution < 1.29 is 9.90 Å². The first-order valence-corrected chi connectivity index (χ1v) is 9.24. The second-order valence-corrected chi connectivity index (χ2v) is 7.34. The van der Waals surface area contributed by atoms with Crippen molar-refractivity contribution >= 4 is 6.29 Å². The topological polar surface area (TPSA) is 49.3 Å². The molecule has 3 aliphatic rings. The molecule has 1 heterocycles. The second-order valence-electron chi connectivity index (χ2n) is 7.34. The van der Waals surface area contributed by atoms with Crippen molar-refractivity contribution in [3.05, 3.63) is 29.8 Å². The SMILES string of the molecule is C1CCC1.O=CC1NCCCC2(c3cccc(O)c3)CCCC12. The first-order valence-electron chi connectivity index (χ1n) is 9.24. The van der Waals surface area contributed by atoms with E-state index in [1.54, 1.807) is 6.07 Å². The van der Waals surface area contributed by atoms with Crippen LogP contribution < -0.4 is 5.32 Å². The van der Waals surface area contributed by atoms with Crippen molar-refractivity contribution in [2.75, 3.05) is 6.54 Å². The fourth-order valence-electron chi connectivity index (χ4n) is 4.46. The van der Waals surface area contributed by atoms with E-state index < -0.39 is 0 Å². The molecule has 0 bridgehead atoms. The van der Waals surface area contributed by atoms with E-state index in [1.165, 1.54) is 37.7 Å². The summed E-state index contributed by atoms with van der Waals surface area (Å²) in [7, 11) is 0. The Morgan fingerprint density at radius 1 is 1.09 bits per heavy atom. The number of phenolic OH excluding ortho intramolecular Hbond substituents is 1. The van der Waals surface area contributed by atoms with Crippen LogP contribution in [-0.2, 0) is 10.2 Å². The van der Waals surface area contributed by atoms with Crippen LogP contribution in [0.1, 0.15) is 63.4 Å². The predicted molar refractivity (Wildman–Crippen MR) is 92.7 cm³/mol. The first kappa shape index (κ1) is 16.5. The third-order valence-corrected chi connectivity index (χ3v) is 6.03. The molecule has 1 aromatic carbocycles. The first-order chi connectivity index (χ1) is 11.3. The Morgan fingerprint density at radius 3 is 2.48 bits per heavy atom. The Morgan fingerprint density at radius 2 is 1.83 bits per heavy atom. The third-order valence-electron chi connectivity index (χ3n) is 6.03. The Labute approximate surface area is 139 Å². The van der Waals surface area contributed by atoms with E-state index in [2.05, 4.69) is 11.4 Å². The van der Waals surface area contributed by atoms with Crippen LogP contribution in [0.2, 0.25) is 0 Å². The molecule has 3 unspecified atom stereocenters. The molecule has 0 radical (unpaired) electrons. The molecule has 126 valence electrons. The largest absolute Gasteiger partial charge is 0.508 e. The van der Waals surface area contributed by atoms with Gasteiger partial charge in [0.15, 0.2) is 0 Å². The Kier molecular flexibility index (Phi) is 5.37. The molecule has 3 nitrogen and oxygen atoms in total. The van der Waals surface area contributed by atoms with Crippen LogP contribution in [0.4, 0.5) is 0 Å². The van der Waals surface area contributed by atoms with Crippen molar-refractivity contribution in [2.24, 2.45) is 5.92 Å². The summed E-state index contributed by atoms with van der Waals surface area (Å²) < 4.78 is 0. The number of benzene rings is 1. The van der Waals surface area contributed by atoms with Gasteiger partial charge in [-0.3, -0.25) is 0 Å². The summed E-state index contributed by atoms with van der Waals surface area (Å²) in [6.45, 7) is 0.917. The average Bonchev–Trinajstić information content (AvgIpc) is 2.83. The molecule has 3 heteroatoms. The number of aldehydes is 1. The molecule has 3 atom stereocenters. The highest BCUT2D eigenvalue weighted by atomic mass is 16.3. The van der Waals surface area contributed by atoms with Gasteiger partial charge in [-0.25, -0.2) is 0 Å². The van der Waals surface area contributed by atoms with E-state index in [-0.39, 0.29) is 11.5 Å². The Balaban J connectivity index is 0.000000341. The van der Waals surface area contributed by atoms with E-state index >= 15 is 0 Å². The number of fused-ring (bicyclic) bond motifs is 1. The van der Waals surface area contributed by atoms with Gasteiger partial charge in [0.1, 0.15) is 12.0 Å². The molecule has 0 amide bonds. The lowest BCUT2D eigenvalue weighted by Gasteiger charge is -2.37. The zero-order valence-corrected chi connectivity index (χ0v) is 14.0. The smallest absolute Gasteiger partial charge is 0.137 e. The molecule has 0 spiro atoms. The number of rotatable bonds is 2. The Bertz CT molecular complexity index is 522. The average molecular weight is 315 g/mol. The molecule has 4 rings (SSSR count). The molecule has 0 aromatic heterocycles. The van der Waals surface area contributed by atoms with E-state index in [0.29, 0.717) is 11.7 Å². The highest BCUT2D eigenvalue weighted by Gasteiger charge is 2.48. The van der Waals surface area contributed by atoms with E-state index in [1.807, 2.05) is 12.1 Å². The minimum atomic E-state index is -0.0349. The van der Waals surface area contributed by atoms with Gasteiger partial charge < -0.3 is 15.2 Å². The van der Waals surface area contributed by atoms with Crippen LogP contribution >= 0.6 is 0 Å². The molecule has 1 saturated heterocycles. The van der Waals surface area contributed by atoms with Gasteiger partial charge in [0, 0.05) is 5.41 Å². The minimum Gasteiger partial charge on any atom is -0.508 e. The van der Waals surface area contributed by atoms with E-state index in [9.17, 15) is 9.90 Å². The molecule has 2 saturated carbocycles. The predicted octanol–water partition coefficient (Wildman–Crippen LogP) is 3.94. The number of nitrogens with one attached hydrogen (secondary N) is 1. The fraction of sp³-hybridized carbons (Fsp3) is 0.650. The summed E-state index contributed by atoms with van der Waals surface area (Å²) in [5.74, 6) is 0.701. The quantitative estimate of drug-likeness (QED) is 0.813. The standard InChI is InChI=1S/C16H21NO2.C4H8/c18-11-15-14-6-2-7-16(14,8-3-9-17-15)12-4-1-5-13(19)10-12;1-2-4-3-1/h1,4-5,10-11,14-15,17,19H,2-3,6-9H2;1-4H2. The molecular weight excluding hydrogens is 286 g/mol. The molecule has 3 fully saturated rings. The number of hydrogen-bond acceptors (Lipinski definition) is 3. The van der Waals surface area contributed by atoms with Crippen LogP contribution in [0.15, 0.2) is 24.3 Å². The van der Waals surface area contributed by atoms with Gasteiger partial charge in [-0.05, 0) is 55.8 Å². The van der Waals surface area contributed by atoms with Gasteiger partial charge in [0.2, 0.25) is 0 Å². The van der Waals surface area contributed by atoms with Crippen LogP contribution in [0.5, 0.6) is 5.75 Å². The minimum absolute atomic E-state index is 0.0349. The molecule has 1 aromatic rings. The normalized spacial score (nSPS) is 32.7. The lowest BCUT2D eigenvalue weighted by Crippen LogP contribution is -2.43. The van der Waals surface area contributed by atoms with Crippen LogP contribution in [0.3, 0.4) is 0 Å². The number of hydrogen-bond donors (Lipinski definition) is 2. The number of carbonyl (C=O) groups excluding carboxylic acids is 1. The molecule has 2 aliphatic carbocycles. The summed E-state index contributed by atoms with van der Waals surface area (Å²) in [6.07, 6.45) is 12.7. The third kappa shape index (κ3) is 3.45. The highest BCUT2D eigenvalue weighted by molar-refractivity contribution is 5.59. The van der Waals surface area contributed by atoms with Crippen molar-refractivity contribution in [1.29, 1.82) is 0 Å². The molecule has 1 aliphatic heterocycles. The lowest BCUT2D eigenvalue weighted by atomic mass is 9.67. The van der Waals surface area contributed by atoms with E-state index in [0.717, 1.165) is 38.5 Å². The summed E-state index contributed by atoms with van der Waals surface area (Å²) in [4.78, 5) is 11.4. The van der Waals surface area contributed by atoms with Crippen LogP contribution in [0, 0.1) is 5.92 Å². The van der Waals surface area contributed by atoms with Gasteiger partial charge in [-0.1, -0.05) is 44.2 Å². The van der Waals surface area contributed by atoms with Crippen molar-refractivity contribution in [3.63, 3.8) is 0 Å². The molecular formula is C20H29NO2. The van der Waals surface area contributed by atoms with E-state index in [4.69, 9.17) is 0 Å². The van der Waals surface area contributed by atoms with Gasteiger partial charge in [0.25, 0.3) is 0 Å². The number of carbonyl (C=O) groups is 1.